The van der Waals surface area contributed by atoms with Gasteiger partial charge >= 0.3 is 5.97 Å². The zero-order valence-corrected chi connectivity index (χ0v) is 15.1. The van der Waals surface area contributed by atoms with E-state index in [2.05, 4.69) is 0 Å². The minimum Gasteiger partial charge on any atom is -0.496 e. The van der Waals surface area contributed by atoms with Crippen LogP contribution in [0.4, 0.5) is 0 Å². The number of amides is 2. The van der Waals surface area contributed by atoms with Crippen molar-refractivity contribution in [2.75, 3.05) is 20.7 Å². The number of carboxylic acids is 1. The molecule has 7 nitrogen and oxygen atoms in total. The maximum atomic E-state index is 12.9. The average molecular weight is 369 g/mol. The highest BCUT2D eigenvalue weighted by molar-refractivity contribution is 6.31. The molecule has 0 spiro atoms. The van der Waals surface area contributed by atoms with Crippen molar-refractivity contribution >= 4 is 29.4 Å². The summed E-state index contributed by atoms with van der Waals surface area (Å²) in [5.74, 6) is -1.46. The Labute approximate surface area is 151 Å². The molecule has 0 saturated carbocycles. The van der Waals surface area contributed by atoms with Gasteiger partial charge in [-0.1, -0.05) is 11.6 Å². The molecule has 1 N–H and O–H groups in total. The second-order valence-corrected chi connectivity index (χ2v) is 6.40. The lowest BCUT2D eigenvalue weighted by Gasteiger charge is -2.30. The van der Waals surface area contributed by atoms with E-state index < -0.39 is 18.1 Å². The highest BCUT2D eigenvalue weighted by atomic mass is 35.5. The summed E-state index contributed by atoms with van der Waals surface area (Å²) < 4.78 is 5.21. The van der Waals surface area contributed by atoms with Crippen LogP contribution in [0.1, 0.15) is 30.1 Å². The normalized spacial score (nSPS) is 17.9. The first kappa shape index (κ1) is 19.1. The molecule has 2 rings (SSSR count). The van der Waals surface area contributed by atoms with Crippen LogP contribution in [-0.4, -0.2) is 65.5 Å². The van der Waals surface area contributed by atoms with Gasteiger partial charge < -0.3 is 19.6 Å². The van der Waals surface area contributed by atoms with E-state index in [-0.39, 0.29) is 17.4 Å². The molecular weight excluding hydrogens is 348 g/mol. The first-order valence-electron chi connectivity index (χ1n) is 7.92. The number of benzene rings is 1. The van der Waals surface area contributed by atoms with Crippen molar-refractivity contribution in [3.05, 3.63) is 28.8 Å². The summed E-state index contributed by atoms with van der Waals surface area (Å²) in [5, 5.41) is 9.48. The molecule has 2 amide bonds. The Balaban J connectivity index is 2.27. The maximum absolute atomic E-state index is 12.9. The number of carbonyl (C=O) groups excluding carboxylic acids is 2. The van der Waals surface area contributed by atoms with Crippen molar-refractivity contribution in [2.45, 2.75) is 31.8 Å². The summed E-state index contributed by atoms with van der Waals surface area (Å²) in [6.07, 6.45) is 1.16. The van der Waals surface area contributed by atoms with Gasteiger partial charge in [0.2, 0.25) is 5.91 Å². The first-order chi connectivity index (χ1) is 11.8. The Morgan fingerprint density at radius 3 is 2.68 bits per heavy atom. The quantitative estimate of drug-likeness (QED) is 0.857. The van der Waals surface area contributed by atoms with Crippen molar-refractivity contribution < 1.29 is 24.2 Å². The third-order valence-electron chi connectivity index (χ3n) is 4.48. The number of likely N-dealkylation sites (N-methyl/N-ethyl adjacent to an activating group) is 1. The zero-order valence-electron chi connectivity index (χ0n) is 14.4. The molecule has 2 unspecified atom stereocenters. The van der Waals surface area contributed by atoms with Gasteiger partial charge in [0, 0.05) is 18.6 Å². The zero-order chi connectivity index (χ0) is 18.7. The lowest BCUT2D eigenvalue weighted by atomic mass is 10.1. The number of ether oxygens (including phenoxy) is 1. The lowest BCUT2D eigenvalue weighted by molar-refractivity contribution is -0.149. The number of methoxy groups -OCH3 is 1. The molecule has 1 aromatic rings. The Morgan fingerprint density at radius 2 is 2.08 bits per heavy atom. The van der Waals surface area contributed by atoms with Crippen molar-refractivity contribution in [2.24, 2.45) is 0 Å². The van der Waals surface area contributed by atoms with Crippen LogP contribution in [0.25, 0.3) is 0 Å². The van der Waals surface area contributed by atoms with Crippen molar-refractivity contribution in [3.8, 4) is 5.75 Å². The van der Waals surface area contributed by atoms with E-state index in [0.29, 0.717) is 30.2 Å². The predicted molar refractivity (Wildman–Crippen MR) is 91.9 cm³/mol. The molecule has 25 heavy (non-hydrogen) atoms. The number of hydrogen-bond acceptors (Lipinski definition) is 4. The summed E-state index contributed by atoms with van der Waals surface area (Å²) in [6.45, 7) is 1.85. The molecule has 8 heteroatoms. The Bertz CT molecular complexity index is 694. The van der Waals surface area contributed by atoms with Gasteiger partial charge in [-0.25, -0.2) is 4.79 Å². The fraction of sp³-hybridized carbons (Fsp3) is 0.471. The van der Waals surface area contributed by atoms with E-state index >= 15 is 0 Å². The molecule has 1 aromatic carbocycles. The second-order valence-electron chi connectivity index (χ2n) is 5.96. The van der Waals surface area contributed by atoms with Crippen molar-refractivity contribution in [1.29, 1.82) is 0 Å². The van der Waals surface area contributed by atoms with E-state index in [1.807, 2.05) is 0 Å². The van der Waals surface area contributed by atoms with Crippen molar-refractivity contribution in [1.82, 2.24) is 9.80 Å². The molecule has 0 aliphatic carbocycles. The predicted octanol–water partition coefficient (Wildman–Crippen LogP) is 1.88. The summed E-state index contributed by atoms with van der Waals surface area (Å²) >= 11 is 5.98. The van der Waals surface area contributed by atoms with Gasteiger partial charge in [0.1, 0.15) is 17.8 Å². The molecule has 1 saturated heterocycles. The molecule has 1 fully saturated rings. The smallest absolute Gasteiger partial charge is 0.326 e. The van der Waals surface area contributed by atoms with Gasteiger partial charge in [-0.15, -0.1) is 0 Å². The second kappa shape index (κ2) is 7.74. The van der Waals surface area contributed by atoms with Crippen LogP contribution in [0, 0.1) is 0 Å². The number of halogens is 1. The summed E-state index contributed by atoms with van der Waals surface area (Å²) in [4.78, 5) is 39.3. The van der Waals surface area contributed by atoms with Gasteiger partial charge in [-0.05, 0) is 38.0 Å². The third-order valence-corrected chi connectivity index (χ3v) is 4.71. The molecule has 2 atom stereocenters. The van der Waals surface area contributed by atoms with Crippen LogP contribution < -0.4 is 4.74 Å². The van der Waals surface area contributed by atoms with Crippen LogP contribution in [0.5, 0.6) is 5.75 Å². The number of rotatable bonds is 5. The molecular formula is C17H21ClN2O5. The Morgan fingerprint density at radius 1 is 1.40 bits per heavy atom. The standard InChI is InChI=1S/C17H21ClN2O5/c1-10(17(23)24)19(2)16(22)13-5-4-8-20(13)15(21)12-9-11(18)6-7-14(12)25-3/h6-7,9-10,13H,4-5,8H2,1-3H3,(H,23,24). The van der Waals surface area contributed by atoms with Crippen molar-refractivity contribution in [3.63, 3.8) is 0 Å². The molecule has 0 radical (unpaired) electrons. The van der Waals surface area contributed by atoms with E-state index in [9.17, 15) is 14.4 Å². The first-order valence-corrected chi connectivity index (χ1v) is 8.29. The van der Waals surface area contributed by atoms with Crippen LogP contribution in [0.3, 0.4) is 0 Å². The molecule has 1 aliphatic heterocycles. The fourth-order valence-electron chi connectivity index (χ4n) is 2.86. The SMILES string of the molecule is COc1ccc(Cl)cc1C(=O)N1CCCC1C(=O)N(C)C(C)C(=O)O. The number of hydrogen-bond donors (Lipinski definition) is 1. The summed E-state index contributed by atoms with van der Waals surface area (Å²) in [7, 11) is 2.89. The fourth-order valence-corrected chi connectivity index (χ4v) is 3.03. The minimum atomic E-state index is -1.09. The van der Waals surface area contributed by atoms with Gasteiger partial charge in [-0.3, -0.25) is 9.59 Å². The van der Waals surface area contributed by atoms with E-state index in [4.69, 9.17) is 21.4 Å². The number of aliphatic carboxylic acids is 1. The number of carbonyl (C=O) groups is 3. The van der Waals surface area contributed by atoms with Gasteiger partial charge in [0.05, 0.1) is 12.7 Å². The van der Waals surface area contributed by atoms with Crippen LogP contribution in [0.2, 0.25) is 5.02 Å². The maximum Gasteiger partial charge on any atom is 0.326 e. The topological polar surface area (TPSA) is 87.2 Å². The van der Waals surface area contributed by atoms with E-state index in [0.717, 1.165) is 4.90 Å². The van der Waals surface area contributed by atoms with E-state index in [1.54, 1.807) is 12.1 Å². The number of likely N-dealkylation sites (tertiary alicyclic amines) is 1. The van der Waals surface area contributed by atoms with Gasteiger partial charge in [-0.2, -0.15) is 0 Å². The number of nitrogens with zero attached hydrogens (tertiary/aromatic N) is 2. The Kier molecular flexibility index (Phi) is 5.89. The minimum absolute atomic E-state index is 0.281. The van der Waals surface area contributed by atoms with Crippen LogP contribution in [0.15, 0.2) is 18.2 Å². The van der Waals surface area contributed by atoms with Crippen LogP contribution >= 0.6 is 11.6 Å². The Hall–Kier alpha value is -2.28. The molecule has 0 aromatic heterocycles. The average Bonchev–Trinajstić information content (AvgIpc) is 3.08. The van der Waals surface area contributed by atoms with Crippen LogP contribution in [-0.2, 0) is 9.59 Å². The van der Waals surface area contributed by atoms with Gasteiger partial charge in [0.15, 0.2) is 0 Å². The molecule has 0 bridgehead atoms. The molecule has 1 heterocycles. The molecule has 136 valence electrons. The summed E-state index contributed by atoms with van der Waals surface area (Å²) in [6, 6.07) is 3.06. The van der Waals surface area contributed by atoms with E-state index in [1.165, 1.54) is 32.0 Å². The highest BCUT2D eigenvalue weighted by Gasteiger charge is 2.38. The molecule has 1 aliphatic rings. The largest absolute Gasteiger partial charge is 0.496 e. The highest BCUT2D eigenvalue weighted by Crippen LogP contribution is 2.28. The number of carboxylic acid groups (broad SMARTS) is 1. The lowest BCUT2D eigenvalue weighted by Crippen LogP contribution is -2.50. The van der Waals surface area contributed by atoms with Gasteiger partial charge in [0.25, 0.3) is 5.91 Å². The monoisotopic (exact) mass is 368 g/mol. The summed E-state index contributed by atoms with van der Waals surface area (Å²) in [5.41, 5.74) is 0.281. The third kappa shape index (κ3) is 3.87.